The molecule has 0 unspecified atom stereocenters. The zero-order valence-electron chi connectivity index (χ0n) is 10.5. The number of carbonyl (C=O) groups excluding carboxylic acids is 2. The molecule has 0 spiro atoms. The lowest BCUT2D eigenvalue weighted by atomic mass is 9.95. The number of nitrogens with one attached hydrogen (secondary N) is 1. The Morgan fingerprint density at radius 3 is 2.41 bits per heavy atom. The van der Waals surface area contributed by atoms with Crippen LogP contribution in [0, 0.1) is 0 Å². The molecule has 0 radical (unpaired) electrons. The van der Waals surface area contributed by atoms with E-state index in [4.69, 9.17) is 4.74 Å². The molecule has 1 aromatic rings. The van der Waals surface area contributed by atoms with Crippen molar-refractivity contribution in [2.24, 2.45) is 0 Å². The lowest BCUT2D eigenvalue weighted by Gasteiger charge is -2.12. The SMILES string of the molecule is CNC(=O)c1ccc(C(C)C)c(C(=O)OC)c1. The van der Waals surface area contributed by atoms with E-state index in [1.807, 2.05) is 13.8 Å². The molecule has 0 aliphatic heterocycles. The molecule has 1 rings (SSSR count). The molecule has 0 bridgehead atoms. The van der Waals surface area contributed by atoms with Gasteiger partial charge in [-0.25, -0.2) is 4.79 Å². The summed E-state index contributed by atoms with van der Waals surface area (Å²) in [6.45, 7) is 3.97. The number of hydrogen-bond acceptors (Lipinski definition) is 3. The number of benzene rings is 1. The van der Waals surface area contributed by atoms with Crippen molar-refractivity contribution in [2.45, 2.75) is 19.8 Å². The molecule has 0 saturated heterocycles. The van der Waals surface area contributed by atoms with Gasteiger partial charge in [-0.05, 0) is 23.6 Å². The summed E-state index contributed by atoms with van der Waals surface area (Å²) in [4.78, 5) is 23.1. The lowest BCUT2D eigenvalue weighted by molar-refractivity contribution is 0.0599. The molecule has 0 saturated carbocycles. The maximum Gasteiger partial charge on any atom is 0.338 e. The molecule has 0 aliphatic rings. The summed E-state index contributed by atoms with van der Waals surface area (Å²) < 4.78 is 4.72. The highest BCUT2D eigenvalue weighted by molar-refractivity contribution is 5.98. The molecule has 92 valence electrons. The summed E-state index contributed by atoms with van der Waals surface area (Å²) in [6.07, 6.45) is 0. The molecule has 17 heavy (non-hydrogen) atoms. The van der Waals surface area contributed by atoms with Crippen LogP contribution in [0.3, 0.4) is 0 Å². The first-order valence-electron chi connectivity index (χ1n) is 5.45. The molecule has 1 aromatic carbocycles. The average molecular weight is 235 g/mol. The number of methoxy groups -OCH3 is 1. The second-order valence-corrected chi connectivity index (χ2v) is 4.03. The molecule has 4 nitrogen and oxygen atoms in total. The normalized spacial score (nSPS) is 10.2. The third-order valence-corrected chi connectivity index (χ3v) is 2.57. The van der Waals surface area contributed by atoms with Gasteiger partial charge in [-0.3, -0.25) is 4.79 Å². The van der Waals surface area contributed by atoms with Gasteiger partial charge >= 0.3 is 5.97 Å². The van der Waals surface area contributed by atoms with Gasteiger partial charge in [0.1, 0.15) is 0 Å². The second kappa shape index (κ2) is 5.48. The minimum Gasteiger partial charge on any atom is -0.465 e. The van der Waals surface area contributed by atoms with E-state index in [9.17, 15) is 9.59 Å². The van der Waals surface area contributed by atoms with Crippen molar-refractivity contribution in [3.8, 4) is 0 Å². The zero-order valence-corrected chi connectivity index (χ0v) is 10.5. The van der Waals surface area contributed by atoms with Gasteiger partial charge in [-0.15, -0.1) is 0 Å². The van der Waals surface area contributed by atoms with Crippen LogP contribution in [-0.2, 0) is 4.74 Å². The van der Waals surface area contributed by atoms with Crippen molar-refractivity contribution in [1.82, 2.24) is 5.32 Å². The number of carbonyl (C=O) groups is 2. The van der Waals surface area contributed by atoms with Crippen LogP contribution in [0.5, 0.6) is 0 Å². The molecule has 1 amide bonds. The lowest BCUT2D eigenvalue weighted by Crippen LogP contribution is -2.19. The summed E-state index contributed by atoms with van der Waals surface area (Å²) in [6, 6.07) is 5.07. The van der Waals surface area contributed by atoms with Gasteiger partial charge in [0.05, 0.1) is 12.7 Å². The number of rotatable bonds is 3. The molecule has 4 heteroatoms. The highest BCUT2D eigenvalue weighted by Crippen LogP contribution is 2.21. The number of ether oxygens (including phenoxy) is 1. The number of amides is 1. The van der Waals surface area contributed by atoms with Gasteiger partial charge < -0.3 is 10.1 Å². The van der Waals surface area contributed by atoms with Gasteiger partial charge in [0.15, 0.2) is 0 Å². The van der Waals surface area contributed by atoms with Crippen molar-refractivity contribution in [1.29, 1.82) is 0 Å². The molecule has 0 atom stereocenters. The van der Waals surface area contributed by atoms with Crippen LogP contribution in [-0.4, -0.2) is 26.0 Å². The van der Waals surface area contributed by atoms with E-state index < -0.39 is 5.97 Å². The van der Waals surface area contributed by atoms with Crippen LogP contribution < -0.4 is 5.32 Å². The Balaban J connectivity index is 3.29. The Morgan fingerprint density at radius 2 is 1.94 bits per heavy atom. The van der Waals surface area contributed by atoms with Crippen LogP contribution in [0.4, 0.5) is 0 Å². The monoisotopic (exact) mass is 235 g/mol. The average Bonchev–Trinajstić information content (AvgIpc) is 2.35. The maximum absolute atomic E-state index is 11.6. The van der Waals surface area contributed by atoms with E-state index in [1.165, 1.54) is 7.11 Å². The predicted molar refractivity (Wildman–Crippen MR) is 65.3 cm³/mol. The minimum absolute atomic E-state index is 0.197. The Hall–Kier alpha value is -1.84. The smallest absolute Gasteiger partial charge is 0.338 e. The van der Waals surface area contributed by atoms with E-state index in [-0.39, 0.29) is 11.8 Å². The quantitative estimate of drug-likeness (QED) is 0.815. The molecule has 0 fully saturated rings. The van der Waals surface area contributed by atoms with Gasteiger partial charge in [0.25, 0.3) is 5.91 Å². The van der Waals surface area contributed by atoms with E-state index in [0.717, 1.165) is 5.56 Å². The third kappa shape index (κ3) is 2.84. The van der Waals surface area contributed by atoms with Gasteiger partial charge in [0.2, 0.25) is 0 Å². The predicted octanol–water partition coefficient (Wildman–Crippen LogP) is 1.96. The van der Waals surface area contributed by atoms with E-state index in [1.54, 1.807) is 25.2 Å². The highest BCUT2D eigenvalue weighted by atomic mass is 16.5. The summed E-state index contributed by atoms with van der Waals surface area (Å²) in [5, 5.41) is 2.52. The molecular weight excluding hydrogens is 218 g/mol. The zero-order chi connectivity index (χ0) is 13.0. The van der Waals surface area contributed by atoms with Crippen molar-refractivity contribution >= 4 is 11.9 Å². The second-order valence-electron chi connectivity index (χ2n) is 4.03. The van der Waals surface area contributed by atoms with Crippen molar-refractivity contribution < 1.29 is 14.3 Å². The fourth-order valence-electron chi connectivity index (χ4n) is 1.63. The topological polar surface area (TPSA) is 55.4 Å². The standard InChI is InChI=1S/C13H17NO3/c1-8(2)10-6-5-9(12(15)14-3)7-11(10)13(16)17-4/h5-8H,1-4H3,(H,14,15). The number of esters is 1. The fraction of sp³-hybridized carbons (Fsp3) is 0.385. The van der Waals surface area contributed by atoms with Crippen molar-refractivity contribution in [2.75, 3.05) is 14.2 Å². The van der Waals surface area contributed by atoms with Gasteiger partial charge in [-0.1, -0.05) is 19.9 Å². The van der Waals surface area contributed by atoms with E-state index in [0.29, 0.717) is 11.1 Å². The van der Waals surface area contributed by atoms with Gasteiger partial charge in [-0.2, -0.15) is 0 Å². The molecular formula is C13H17NO3. The Kier molecular flexibility index (Phi) is 4.26. The molecule has 1 N–H and O–H groups in total. The highest BCUT2D eigenvalue weighted by Gasteiger charge is 2.16. The first-order chi connectivity index (χ1) is 8.01. The van der Waals surface area contributed by atoms with E-state index >= 15 is 0 Å². The third-order valence-electron chi connectivity index (χ3n) is 2.57. The van der Waals surface area contributed by atoms with Crippen molar-refractivity contribution in [3.63, 3.8) is 0 Å². The van der Waals surface area contributed by atoms with Gasteiger partial charge in [0, 0.05) is 12.6 Å². The molecule has 0 heterocycles. The van der Waals surface area contributed by atoms with Crippen LogP contribution in [0.1, 0.15) is 46.0 Å². The first-order valence-corrected chi connectivity index (χ1v) is 5.45. The molecule has 0 aromatic heterocycles. The Bertz CT molecular complexity index is 438. The minimum atomic E-state index is -0.417. The van der Waals surface area contributed by atoms with E-state index in [2.05, 4.69) is 5.32 Å². The Labute approximate surface area is 101 Å². The summed E-state index contributed by atoms with van der Waals surface area (Å²) in [5.74, 6) is -0.437. The first kappa shape index (κ1) is 13.2. The van der Waals surface area contributed by atoms with Crippen LogP contribution in [0.25, 0.3) is 0 Å². The van der Waals surface area contributed by atoms with Crippen LogP contribution >= 0.6 is 0 Å². The van der Waals surface area contributed by atoms with Crippen molar-refractivity contribution in [3.05, 3.63) is 34.9 Å². The summed E-state index contributed by atoms with van der Waals surface area (Å²) in [7, 11) is 2.88. The largest absolute Gasteiger partial charge is 0.465 e. The summed E-state index contributed by atoms with van der Waals surface area (Å²) in [5.41, 5.74) is 1.78. The summed E-state index contributed by atoms with van der Waals surface area (Å²) >= 11 is 0. The molecule has 0 aliphatic carbocycles. The maximum atomic E-state index is 11.6. The fourth-order valence-corrected chi connectivity index (χ4v) is 1.63. The van der Waals surface area contributed by atoms with Crippen LogP contribution in [0.15, 0.2) is 18.2 Å². The van der Waals surface area contributed by atoms with Crippen LogP contribution in [0.2, 0.25) is 0 Å². The number of hydrogen-bond donors (Lipinski definition) is 1. The Morgan fingerprint density at radius 1 is 1.29 bits per heavy atom.